The van der Waals surface area contributed by atoms with E-state index in [-0.39, 0.29) is 18.4 Å². The molecule has 0 aromatic heterocycles. The van der Waals surface area contributed by atoms with Crippen LogP contribution in [0.5, 0.6) is 0 Å². The molecule has 0 aliphatic carbocycles. The Hall–Kier alpha value is -2.04. The van der Waals surface area contributed by atoms with Crippen LogP contribution in [0.1, 0.15) is 42.5 Å². The van der Waals surface area contributed by atoms with Crippen molar-refractivity contribution in [3.05, 3.63) is 29.8 Å². The summed E-state index contributed by atoms with van der Waals surface area (Å²) >= 11 is 0. The summed E-state index contributed by atoms with van der Waals surface area (Å²) < 4.78 is 0. The highest BCUT2D eigenvalue weighted by atomic mass is 16.2. The summed E-state index contributed by atoms with van der Waals surface area (Å²) in [6, 6.07) is 6.67. The molecule has 21 heavy (non-hydrogen) atoms. The molecule has 1 aromatic rings. The van der Waals surface area contributed by atoms with E-state index in [1.54, 1.807) is 24.3 Å². The molecular weight excluding hydrogens is 266 g/mol. The van der Waals surface area contributed by atoms with Crippen molar-refractivity contribution in [2.24, 2.45) is 0 Å². The molecule has 0 bridgehead atoms. The van der Waals surface area contributed by atoms with Gasteiger partial charge in [0.25, 0.3) is 5.91 Å². The number of carbonyl (C=O) groups excluding carboxylic acids is 2. The standard InChI is InChI=1S/C16H23N3O2/c17-14-8-6-13(7-9-14)16(21)18-12-15(20)19-10-4-2-1-3-5-11-19/h6-9H,1-5,10-12,17H2,(H,18,21). The lowest BCUT2D eigenvalue weighted by atomic mass is 10.1. The van der Waals surface area contributed by atoms with Gasteiger partial charge < -0.3 is 16.0 Å². The number of hydrogen-bond acceptors (Lipinski definition) is 3. The van der Waals surface area contributed by atoms with Gasteiger partial charge in [-0.1, -0.05) is 19.3 Å². The molecule has 1 aliphatic rings. The number of carbonyl (C=O) groups is 2. The van der Waals surface area contributed by atoms with Crippen LogP contribution in [0.4, 0.5) is 5.69 Å². The zero-order valence-electron chi connectivity index (χ0n) is 12.3. The maximum Gasteiger partial charge on any atom is 0.251 e. The van der Waals surface area contributed by atoms with E-state index in [0.717, 1.165) is 25.9 Å². The molecule has 2 amide bonds. The van der Waals surface area contributed by atoms with Gasteiger partial charge in [-0.15, -0.1) is 0 Å². The van der Waals surface area contributed by atoms with E-state index in [4.69, 9.17) is 5.73 Å². The minimum Gasteiger partial charge on any atom is -0.399 e. The first-order chi connectivity index (χ1) is 10.2. The molecule has 1 saturated heterocycles. The minimum atomic E-state index is -0.240. The summed E-state index contributed by atoms with van der Waals surface area (Å²) in [4.78, 5) is 26.0. The predicted octanol–water partition coefficient (Wildman–Crippen LogP) is 1.79. The van der Waals surface area contributed by atoms with Crippen LogP contribution in [-0.2, 0) is 4.79 Å². The number of nitrogens with zero attached hydrogens (tertiary/aromatic N) is 1. The van der Waals surface area contributed by atoms with Gasteiger partial charge in [0.15, 0.2) is 0 Å². The number of anilines is 1. The fraction of sp³-hybridized carbons (Fsp3) is 0.500. The van der Waals surface area contributed by atoms with Gasteiger partial charge in [-0.2, -0.15) is 0 Å². The quantitative estimate of drug-likeness (QED) is 0.833. The lowest BCUT2D eigenvalue weighted by Gasteiger charge is -2.24. The van der Waals surface area contributed by atoms with Gasteiger partial charge in [0.1, 0.15) is 0 Å². The van der Waals surface area contributed by atoms with Crippen molar-refractivity contribution in [3.8, 4) is 0 Å². The number of rotatable bonds is 3. The molecule has 1 aliphatic heterocycles. The second-order valence-electron chi connectivity index (χ2n) is 5.45. The molecule has 0 atom stereocenters. The Morgan fingerprint density at radius 2 is 1.57 bits per heavy atom. The van der Waals surface area contributed by atoms with Gasteiger partial charge in [0.2, 0.25) is 5.91 Å². The van der Waals surface area contributed by atoms with E-state index in [9.17, 15) is 9.59 Å². The highest BCUT2D eigenvalue weighted by molar-refractivity contribution is 5.96. The fourth-order valence-electron chi connectivity index (χ4n) is 2.50. The lowest BCUT2D eigenvalue weighted by molar-refractivity contribution is -0.130. The third kappa shape index (κ3) is 4.77. The highest BCUT2D eigenvalue weighted by Crippen LogP contribution is 2.10. The van der Waals surface area contributed by atoms with Gasteiger partial charge in [0.05, 0.1) is 6.54 Å². The Morgan fingerprint density at radius 3 is 2.19 bits per heavy atom. The lowest BCUT2D eigenvalue weighted by Crippen LogP contribution is -2.41. The fourth-order valence-corrected chi connectivity index (χ4v) is 2.50. The molecule has 0 unspecified atom stereocenters. The Morgan fingerprint density at radius 1 is 1.00 bits per heavy atom. The molecule has 1 aromatic carbocycles. The number of hydrogen-bond donors (Lipinski definition) is 2. The second-order valence-corrected chi connectivity index (χ2v) is 5.45. The summed E-state index contributed by atoms with van der Waals surface area (Å²) in [5.41, 5.74) is 6.71. The maximum absolute atomic E-state index is 12.1. The zero-order valence-corrected chi connectivity index (χ0v) is 12.3. The summed E-state index contributed by atoms with van der Waals surface area (Å²) in [5.74, 6) is -0.240. The van der Waals surface area contributed by atoms with Crippen LogP contribution in [0.2, 0.25) is 0 Å². The third-order valence-electron chi connectivity index (χ3n) is 3.78. The molecule has 114 valence electrons. The average Bonchev–Trinajstić information content (AvgIpc) is 2.45. The number of nitrogens with two attached hydrogens (primary N) is 1. The molecule has 1 fully saturated rings. The Kier molecular flexibility index (Phi) is 5.60. The molecule has 0 saturated carbocycles. The SMILES string of the molecule is Nc1ccc(C(=O)NCC(=O)N2CCCCCCC2)cc1. The van der Waals surface area contributed by atoms with E-state index >= 15 is 0 Å². The van der Waals surface area contributed by atoms with Gasteiger partial charge >= 0.3 is 0 Å². The van der Waals surface area contributed by atoms with Gasteiger partial charge in [-0.3, -0.25) is 9.59 Å². The number of amides is 2. The summed E-state index contributed by atoms with van der Waals surface area (Å²) in [6.07, 6.45) is 5.73. The largest absolute Gasteiger partial charge is 0.399 e. The Balaban J connectivity index is 1.82. The normalized spacial score (nSPS) is 15.9. The zero-order chi connectivity index (χ0) is 15.1. The first-order valence-corrected chi connectivity index (χ1v) is 7.58. The van der Waals surface area contributed by atoms with Crippen LogP contribution in [0.3, 0.4) is 0 Å². The van der Waals surface area contributed by atoms with Crippen molar-refractivity contribution in [2.75, 3.05) is 25.4 Å². The molecule has 0 radical (unpaired) electrons. The van der Waals surface area contributed by atoms with Crippen molar-refractivity contribution in [1.82, 2.24) is 10.2 Å². The average molecular weight is 289 g/mol. The minimum absolute atomic E-state index is 0.000644. The highest BCUT2D eigenvalue weighted by Gasteiger charge is 2.15. The van der Waals surface area contributed by atoms with Crippen LogP contribution in [-0.4, -0.2) is 36.3 Å². The first-order valence-electron chi connectivity index (χ1n) is 7.58. The topological polar surface area (TPSA) is 75.4 Å². The molecule has 2 rings (SSSR count). The molecule has 1 heterocycles. The van der Waals surface area contributed by atoms with Crippen molar-refractivity contribution in [2.45, 2.75) is 32.1 Å². The molecule has 3 N–H and O–H groups in total. The van der Waals surface area contributed by atoms with Crippen LogP contribution in [0.15, 0.2) is 24.3 Å². The van der Waals surface area contributed by atoms with E-state index in [0.29, 0.717) is 11.3 Å². The van der Waals surface area contributed by atoms with E-state index in [1.165, 1.54) is 19.3 Å². The van der Waals surface area contributed by atoms with Crippen molar-refractivity contribution < 1.29 is 9.59 Å². The van der Waals surface area contributed by atoms with Crippen LogP contribution in [0, 0.1) is 0 Å². The smallest absolute Gasteiger partial charge is 0.251 e. The van der Waals surface area contributed by atoms with Gasteiger partial charge in [0, 0.05) is 24.3 Å². The molecule has 5 heteroatoms. The molecule has 0 spiro atoms. The summed E-state index contributed by atoms with van der Waals surface area (Å²) in [5, 5.41) is 2.68. The summed E-state index contributed by atoms with van der Waals surface area (Å²) in [6.45, 7) is 1.66. The van der Waals surface area contributed by atoms with E-state index < -0.39 is 0 Å². The van der Waals surface area contributed by atoms with Gasteiger partial charge in [-0.05, 0) is 37.1 Å². The first kappa shape index (κ1) is 15.4. The van der Waals surface area contributed by atoms with Crippen LogP contribution < -0.4 is 11.1 Å². The van der Waals surface area contributed by atoms with E-state index in [1.807, 2.05) is 4.90 Å². The van der Waals surface area contributed by atoms with E-state index in [2.05, 4.69) is 5.32 Å². The number of likely N-dealkylation sites (tertiary alicyclic amines) is 1. The Labute approximate surface area is 125 Å². The Bertz CT molecular complexity index is 477. The number of benzene rings is 1. The number of nitrogens with one attached hydrogen (secondary N) is 1. The van der Waals surface area contributed by atoms with Crippen molar-refractivity contribution in [1.29, 1.82) is 0 Å². The predicted molar refractivity (Wildman–Crippen MR) is 82.9 cm³/mol. The van der Waals surface area contributed by atoms with Crippen molar-refractivity contribution >= 4 is 17.5 Å². The van der Waals surface area contributed by atoms with Crippen LogP contribution in [0.25, 0.3) is 0 Å². The third-order valence-corrected chi connectivity index (χ3v) is 3.78. The number of nitrogen functional groups attached to an aromatic ring is 1. The molecule has 5 nitrogen and oxygen atoms in total. The summed E-state index contributed by atoms with van der Waals surface area (Å²) in [7, 11) is 0. The van der Waals surface area contributed by atoms with Gasteiger partial charge in [-0.25, -0.2) is 0 Å². The maximum atomic E-state index is 12.1. The molecular formula is C16H23N3O2. The van der Waals surface area contributed by atoms with Crippen LogP contribution >= 0.6 is 0 Å². The van der Waals surface area contributed by atoms with Crippen molar-refractivity contribution in [3.63, 3.8) is 0 Å². The second kappa shape index (κ2) is 7.67. The monoisotopic (exact) mass is 289 g/mol.